The van der Waals surface area contributed by atoms with Gasteiger partial charge in [-0.25, -0.2) is 9.97 Å². The molecule has 4 heterocycles. The van der Waals surface area contributed by atoms with Crippen LogP contribution in [0.4, 0.5) is 0 Å². The zero-order valence-electron chi connectivity index (χ0n) is 10.5. The van der Waals surface area contributed by atoms with Crippen LogP contribution in [-0.2, 0) is 11.3 Å². The van der Waals surface area contributed by atoms with E-state index in [1.54, 1.807) is 13.2 Å². The van der Waals surface area contributed by atoms with Crippen molar-refractivity contribution in [2.75, 3.05) is 39.8 Å². The fourth-order valence-corrected chi connectivity index (χ4v) is 2.93. The van der Waals surface area contributed by atoms with E-state index >= 15 is 0 Å². The molecule has 0 aromatic carbocycles. The summed E-state index contributed by atoms with van der Waals surface area (Å²) in [5.74, 6) is 0.832. The number of aromatic nitrogens is 2. The maximum absolute atomic E-state index is 6.07. The van der Waals surface area contributed by atoms with Crippen LogP contribution in [0.15, 0.2) is 6.07 Å². The Morgan fingerprint density at radius 2 is 2.11 bits per heavy atom. The third kappa shape index (κ3) is 2.36. The van der Waals surface area contributed by atoms with Crippen molar-refractivity contribution in [3.63, 3.8) is 0 Å². The largest absolute Gasteiger partial charge is 0.378 e. The molecule has 0 amide bonds. The molecule has 4 rings (SSSR count). The van der Waals surface area contributed by atoms with Crippen LogP contribution in [0.2, 0.25) is 5.15 Å². The number of hydrogen-bond acceptors (Lipinski definition) is 5. The molecule has 3 aliphatic rings. The summed E-state index contributed by atoms with van der Waals surface area (Å²) < 4.78 is 5.11. The first kappa shape index (κ1) is 12.3. The van der Waals surface area contributed by atoms with Gasteiger partial charge in [0.1, 0.15) is 11.0 Å². The van der Waals surface area contributed by atoms with Gasteiger partial charge in [-0.05, 0) is 6.07 Å². The lowest BCUT2D eigenvalue weighted by Gasteiger charge is -2.46. The molecule has 3 fully saturated rings. The number of fused-ring (bicyclic) bond motifs is 3. The standard InChI is InChI=1S/C12H17ClN4O/c1-18-8-9-6-11(13)15-12(14-9)10-7-16-2-4-17(10)5-3-16/h6,10H,2-5,7-8H2,1H3. The summed E-state index contributed by atoms with van der Waals surface area (Å²) >= 11 is 6.07. The maximum atomic E-state index is 6.07. The van der Waals surface area contributed by atoms with E-state index in [-0.39, 0.29) is 6.04 Å². The quantitative estimate of drug-likeness (QED) is 0.764. The first-order chi connectivity index (χ1) is 8.76. The van der Waals surface area contributed by atoms with Crippen molar-refractivity contribution in [2.45, 2.75) is 12.6 Å². The Labute approximate surface area is 112 Å². The van der Waals surface area contributed by atoms with Gasteiger partial charge in [0.15, 0.2) is 0 Å². The Hall–Kier alpha value is -0.750. The number of nitrogens with zero attached hydrogens (tertiary/aromatic N) is 4. The second-order valence-electron chi connectivity index (χ2n) is 4.83. The lowest BCUT2D eigenvalue weighted by molar-refractivity contribution is 0.00842. The maximum Gasteiger partial charge on any atom is 0.148 e. The van der Waals surface area contributed by atoms with E-state index in [0.29, 0.717) is 11.8 Å². The number of methoxy groups -OCH3 is 1. The molecule has 1 aromatic heterocycles. The fraction of sp³-hybridized carbons (Fsp3) is 0.667. The van der Waals surface area contributed by atoms with Crippen molar-refractivity contribution < 1.29 is 4.74 Å². The van der Waals surface area contributed by atoms with Crippen molar-refractivity contribution in [2.24, 2.45) is 0 Å². The van der Waals surface area contributed by atoms with E-state index < -0.39 is 0 Å². The minimum absolute atomic E-state index is 0.279. The highest BCUT2D eigenvalue weighted by molar-refractivity contribution is 6.29. The van der Waals surface area contributed by atoms with Gasteiger partial charge in [0.2, 0.25) is 0 Å². The molecular weight excluding hydrogens is 252 g/mol. The average molecular weight is 269 g/mol. The van der Waals surface area contributed by atoms with Gasteiger partial charge in [-0.1, -0.05) is 11.6 Å². The van der Waals surface area contributed by atoms with E-state index in [2.05, 4.69) is 19.8 Å². The van der Waals surface area contributed by atoms with Crippen LogP contribution in [0.3, 0.4) is 0 Å². The summed E-state index contributed by atoms with van der Waals surface area (Å²) in [5.41, 5.74) is 0.852. The zero-order valence-corrected chi connectivity index (χ0v) is 11.2. The lowest BCUT2D eigenvalue weighted by atomic mass is 10.1. The Kier molecular flexibility index (Phi) is 3.48. The Balaban J connectivity index is 1.87. The van der Waals surface area contributed by atoms with E-state index in [0.717, 1.165) is 44.2 Å². The van der Waals surface area contributed by atoms with Crippen molar-refractivity contribution in [1.82, 2.24) is 19.8 Å². The van der Waals surface area contributed by atoms with Gasteiger partial charge in [0, 0.05) is 39.8 Å². The van der Waals surface area contributed by atoms with E-state index in [9.17, 15) is 0 Å². The average Bonchev–Trinajstić information content (AvgIpc) is 2.40. The molecule has 0 radical (unpaired) electrons. The summed E-state index contributed by atoms with van der Waals surface area (Å²) in [4.78, 5) is 13.9. The topological polar surface area (TPSA) is 41.5 Å². The van der Waals surface area contributed by atoms with Crippen LogP contribution >= 0.6 is 11.6 Å². The Morgan fingerprint density at radius 3 is 2.72 bits per heavy atom. The van der Waals surface area contributed by atoms with E-state index in [1.807, 2.05) is 0 Å². The number of piperazine rings is 3. The molecule has 3 aliphatic heterocycles. The molecule has 0 saturated carbocycles. The molecule has 98 valence electrons. The SMILES string of the molecule is COCc1cc(Cl)nc(C2CN3CCN2CC3)n1. The first-order valence-electron chi connectivity index (χ1n) is 6.25. The number of rotatable bonds is 3. The fourth-order valence-electron chi connectivity index (χ4n) is 2.72. The number of hydrogen-bond donors (Lipinski definition) is 0. The highest BCUT2D eigenvalue weighted by atomic mass is 35.5. The molecule has 1 atom stereocenters. The lowest BCUT2D eigenvalue weighted by Crippen LogP contribution is -2.57. The monoisotopic (exact) mass is 268 g/mol. The molecule has 2 bridgehead atoms. The van der Waals surface area contributed by atoms with Crippen molar-refractivity contribution >= 4 is 11.6 Å². The van der Waals surface area contributed by atoms with Crippen LogP contribution in [0, 0.1) is 0 Å². The third-order valence-electron chi connectivity index (χ3n) is 3.63. The minimum atomic E-state index is 0.279. The first-order valence-corrected chi connectivity index (χ1v) is 6.63. The number of halogens is 1. The minimum Gasteiger partial charge on any atom is -0.378 e. The molecule has 0 aliphatic carbocycles. The van der Waals surface area contributed by atoms with Gasteiger partial charge >= 0.3 is 0 Å². The molecule has 18 heavy (non-hydrogen) atoms. The third-order valence-corrected chi connectivity index (χ3v) is 3.83. The summed E-state index contributed by atoms with van der Waals surface area (Å²) in [5, 5.41) is 0.504. The normalized spacial score (nSPS) is 30.7. The van der Waals surface area contributed by atoms with E-state index in [1.165, 1.54) is 0 Å². The molecule has 1 aromatic rings. The van der Waals surface area contributed by atoms with Gasteiger partial charge in [-0.15, -0.1) is 0 Å². The molecule has 0 N–H and O–H groups in total. The molecule has 3 saturated heterocycles. The van der Waals surface area contributed by atoms with Crippen LogP contribution in [0.1, 0.15) is 17.6 Å². The zero-order chi connectivity index (χ0) is 12.5. The smallest absolute Gasteiger partial charge is 0.148 e. The van der Waals surface area contributed by atoms with Gasteiger partial charge in [0.25, 0.3) is 0 Å². The summed E-state index contributed by atoms with van der Waals surface area (Å²) in [7, 11) is 1.66. The Bertz CT molecular complexity index is 434. The summed E-state index contributed by atoms with van der Waals surface area (Å²) in [6.45, 7) is 5.99. The van der Waals surface area contributed by atoms with Crippen LogP contribution < -0.4 is 0 Å². The highest BCUT2D eigenvalue weighted by Crippen LogP contribution is 2.27. The summed E-state index contributed by atoms with van der Waals surface area (Å²) in [6.07, 6.45) is 0. The van der Waals surface area contributed by atoms with Gasteiger partial charge in [0.05, 0.1) is 18.3 Å². The van der Waals surface area contributed by atoms with Crippen LogP contribution in [-0.4, -0.2) is 59.6 Å². The summed E-state index contributed by atoms with van der Waals surface area (Å²) in [6, 6.07) is 2.05. The second-order valence-corrected chi connectivity index (χ2v) is 5.21. The second kappa shape index (κ2) is 5.09. The van der Waals surface area contributed by atoms with E-state index in [4.69, 9.17) is 16.3 Å². The molecule has 0 spiro atoms. The predicted molar refractivity (Wildman–Crippen MR) is 68.5 cm³/mol. The van der Waals surface area contributed by atoms with Crippen molar-refractivity contribution in [3.8, 4) is 0 Å². The Morgan fingerprint density at radius 1 is 1.33 bits per heavy atom. The predicted octanol–water partition coefficient (Wildman–Crippen LogP) is 0.949. The van der Waals surface area contributed by atoms with Gasteiger partial charge in [-0.3, -0.25) is 9.80 Å². The number of ether oxygens (including phenoxy) is 1. The van der Waals surface area contributed by atoms with Crippen molar-refractivity contribution in [1.29, 1.82) is 0 Å². The van der Waals surface area contributed by atoms with Crippen LogP contribution in [0.25, 0.3) is 0 Å². The highest BCUT2D eigenvalue weighted by Gasteiger charge is 2.34. The van der Waals surface area contributed by atoms with Gasteiger partial charge in [-0.2, -0.15) is 0 Å². The molecule has 1 unspecified atom stereocenters. The van der Waals surface area contributed by atoms with Crippen molar-refractivity contribution in [3.05, 3.63) is 22.7 Å². The van der Waals surface area contributed by atoms with Gasteiger partial charge < -0.3 is 4.74 Å². The van der Waals surface area contributed by atoms with Crippen LogP contribution in [0.5, 0.6) is 0 Å². The molecular formula is C12H17ClN4O. The molecule has 6 heteroatoms. The molecule has 5 nitrogen and oxygen atoms in total.